The van der Waals surface area contributed by atoms with Gasteiger partial charge in [0.1, 0.15) is 0 Å². The molecule has 0 heterocycles. The topological polar surface area (TPSA) is 108 Å². The largest absolute Gasteiger partial charge is 0.368 e. The normalized spacial score (nSPS) is 13.1. The summed E-state index contributed by atoms with van der Waals surface area (Å²) in [4.78, 5) is 23.1. The number of rotatable bonds is 6. The first-order chi connectivity index (χ1) is 9.41. The van der Waals surface area contributed by atoms with Crippen LogP contribution in [0.15, 0.2) is 24.3 Å². The molecule has 1 aromatic carbocycles. The van der Waals surface area contributed by atoms with Gasteiger partial charge in [0.2, 0.25) is 11.8 Å². The molecule has 0 saturated carbocycles. The maximum Gasteiger partial charge on any atom is 0.238 e. The van der Waals surface area contributed by atoms with Crippen molar-refractivity contribution in [1.29, 1.82) is 5.26 Å². The van der Waals surface area contributed by atoms with Crippen LogP contribution < -0.4 is 16.4 Å². The number of amides is 2. The quantitative estimate of drug-likeness (QED) is 0.711. The van der Waals surface area contributed by atoms with Crippen molar-refractivity contribution in [2.75, 3.05) is 11.9 Å². The van der Waals surface area contributed by atoms with Crippen molar-refractivity contribution in [2.24, 2.45) is 5.73 Å². The molecule has 20 heavy (non-hydrogen) atoms. The van der Waals surface area contributed by atoms with E-state index in [0.717, 1.165) is 0 Å². The van der Waals surface area contributed by atoms with Crippen molar-refractivity contribution in [3.05, 3.63) is 29.8 Å². The average molecular weight is 274 g/mol. The van der Waals surface area contributed by atoms with Crippen LogP contribution in [0.3, 0.4) is 0 Å². The molecule has 0 aliphatic heterocycles. The number of nitrogens with two attached hydrogens (primary N) is 1. The van der Waals surface area contributed by atoms with Crippen LogP contribution >= 0.6 is 0 Å². The molecule has 1 rings (SSSR count). The summed E-state index contributed by atoms with van der Waals surface area (Å²) in [5, 5.41) is 14.3. The van der Waals surface area contributed by atoms with Gasteiger partial charge in [-0.05, 0) is 31.5 Å². The lowest BCUT2D eigenvalue weighted by Gasteiger charge is -2.25. The summed E-state index contributed by atoms with van der Waals surface area (Å²) in [6.45, 7) is 3.43. The van der Waals surface area contributed by atoms with E-state index in [1.165, 1.54) is 0 Å². The van der Waals surface area contributed by atoms with Gasteiger partial charge in [0.25, 0.3) is 0 Å². The minimum atomic E-state index is -0.911. The predicted octanol–water partition coefficient (Wildman–Crippen LogP) is 0.740. The van der Waals surface area contributed by atoms with Crippen molar-refractivity contribution in [3.8, 4) is 6.07 Å². The van der Waals surface area contributed by atoms with Crippen molar-refractivity contribution < 1.29 is 9.59 Å². The van der Waals surface area contributed by atoms with Crippen molar-refractivity contribution in [3.63, 3.8) is 0 Å². The van der Waals surface area contributed by atoms with E-state index in [2.05, 4.69) is 10.6 Å². The number of carbonyl (C=O) groups excluding carboxylic acids is 2. The smallest absolute Gasteiger partial charge is 0.238 e. The Bertz CT molecular complexity index is 550. The molecular formula is C14H18N4O2. The van der Waals surface area contributed by atoms with Crippen LogP contribution in [0.5, 0.6) is 0 Å². The Morgan fingerprint density at radius 2 is 2.15 bits per heavy atom. The maximum atomic E-state index is 11.8. The van der Waals surface area contributed by atoms with Gasteiger partial charge in [0.05, 0.1) is 23.7 Å². The van der Waals surface area contributed by atoms with Crippen LogP contribution in [-0.4, -0.2) is 23.9 Å². The molecule has 6 heteroatoms. The SMILES string of the molecule is CC[C@](C)(NCC(=O)Nc1cccc(C#N)c1)C(N)=O. The van der Waals surface area contributed by atoms with E-state index in [4.69, 9.17) is 11.0 Å². The van der Waals surface area contributed by atoms with Crippen LogP contribution in [0, 0.1) is 11.3 Å². The Labute approximate surface area is 118 Å². The molecule has 0 fully saturated rings. The Morgan fingerprint density at radius 3 is 2.70 bits per heavy atom. The zero-order valence-corrected chi connectivity index (χ0v) is 11.6. The first kappa shape index (κ1) is 15.7. The number of nitrogens with one attached hydrogen (secondary N) is 2. The second kappa shape index (κ2) is 6.68. The minimum Gasteiger partial charge on any atom is -0.368 e. The first-order valence-electron chi connectivity index (χ1n) is 6.26. The van der Waals surface area contributed by atoms with Gasteiger partial charge < -0.3 is 11.1 Å². The summed E-state index contributed by atoms with van der Waals surface area (Å²) in [5.74, 6) is -0.805. The molecule has 0 saturated heterocycles. The number of anilines is 1. The monoisotopic (exact) mass is 274 g/mol. The molecule has 2 amide bonds. The van der Waals surface area contributed by atoms with E-state index in [1.54, 1.807) is 31.2 Å². The summed E-state index contributed by atoms with van der Waals surface area (Å²) >= 11 is 0. The third kappa shape index (κ3) is 4.07. The molecule has 1 atom stereocenters. The second-order valence-electron chi connectivity index (χ2n) is 4.64. The molecule has 106 valence electrons. The Hall–Kier alpha value is -2.39. The average Bonchev–Trinajstić information content (AvgIpc) is 2.44. The van der Waals surface area contributed by atoms with E-state index < -0.39 is 11.4 Å². The van der Waals surface area contributed by atoms with E-state index in [0.29, 0.717) is 17.7 Å². The molecule has 0 aromatic heterocycles. The van der Waals surface area contributed by atoms with E-state index in [9.17, 15) is 9.59 Å². The van der Waals surface area contributed by atoms with Gasteiger partial charge in [-0.25, -0.2) is 0 Å². The minimum absolute atomic E-state index is 0.0376. The fourth-order valence-corrected chi connectivity index (χ4v) is 1.53. The van der Waals surface area contributed by atoms with Crippen LogP contribution in [0.4, 0.5) is 5.69 Å². The van der Waals surface area contributed by atoms with Gasteiger partial charge >= 0.3 is 0 Å². The lowest BCUT2D eigenvalue weighted by Crippen LogP contribution is -2.54. The highest BCUT2D eigenvalue weighted by Gasteiger charge is 2.28. The van der Waals surface area contributed by atoms with Gasteiger partial charge in [-0.15, -0.1) is 0 Å². The van der Waals surface area contributed by atoms with E-state index >= 15 is 0 Å². The van der Waals surface area contributed by atoms with Gasteiger partial charge in [0.15, 0.2) is 0 Å². The number of hydrogen-bond donors (Lipinski definition) is 3. The fourth-order valence-electron chi connectivity index (χ4n) is 1.53. The van der Waals surface area contributed by atoms with Gasteiger partial charge in [-0.1, -0.05) is 13.0 Å². The summed E-state index contributed by atoms with van der Waals surface area (Å²) in [5.41, 5.74) is 5.38. The van der Waals surface area contributed by atoms with Crippen molar-refractivity contribution >= 4 is 17.5 Å². The lowest BCUT2D eigenvalue weighted by atomic mass is 9.98. The summed E-state index contributed by atoms with van der Waals surface area (Å²) < 4.78 is 0. The summed E-state index contributed by atoms with van der Waals surface area (Å²) in [6.07, 6.45) is 0.486. The predicted molar refractivity (Wildman–Crippen MR) is 75.7 cm³/mol. The fraction of sp³-hybridized carbons (Fsp3) is 0.357. The van der Waals surface area contributed by atoms with Crippen LogP contribution in [0.1, 0.15) is 25.8 Å². The number of benzene rings is 1. The third-order valence-corrected chi connectivity index (χ3v) is 3.17. The standard InChI is InChI=1S/C14H18N4O2/c1-3-14(2,13(16)20)17-9-12(19)18-11-6-4-5-10(7-11)8-15/h4-7,17H,3,9H2,1-2H3,(H2,16,20)(H,18,19)/t14-/m0/s1. The molecule has 0 aliphatic rings. The molecular weight excluding hydrogens is 256 g/mol. The van der Waals surface area contributed by atoms with Crippen LogP contribution in [0.25, 0.3) is 0 Å². The van der Waals surface area contributed by atoms with E-state index in [1.807, 2.05) is 13.0 Å². The van der Waals surface area contributed by atoms with E-state index in [-0.39, 0.29) is 12.5 Å². The first-order valence-corrected chi connectivity index (χ1v) is 6.26. The van der Waals surface area contributed by atoms with Gasteiger partial charge in [0, 0.05) is 5.69 Å². The number of hydrogen-bond acceptors (Lipinski definition) is 4. The second-order valence-corrected chi connectivity index (χ2v) is 4.64. The number of carbonyl (C=O) groups is 2. The van der Waals surface area contributed by atoms with Gasteiger partial charge in [-0.2, -0.15) is 5.26 Å². The Balaban J connectivity index is 2.60. The highest BCUT2D eigenvalue weighted by atomic mass is 16.2. The number of nitrogens with zero attached hydrogens (tertiary/aromatic N) is 1. The summed E-state index contributed by atoms with van der Waals surface area (Å²) in [6, 6.07) is 8.58. The Kier molecular flexibility index (Phi) is 5.23. The number of primary amides is 1. The summed E-state index contributed by atoms with van der Waals surface area (Å²) in [7, 11) is 0. The number of nitriles is 1. The molecule has 6 nitrogen and oxygen atoms in total. The zero-order valence-electron chi connectivity index (χ0n) is 11.6. The zero-order chi connectivity index (χ0) is 15.2. The van der Waals surface area contributed by atoms with Gasteiger partial charge in [-0.3, -0.25) is 14.9 Å². The molecule has 0 unspecified atom stereocenters. The molecule has 0 spiro atoms. The highest BCUT2D eigenvalue weighted by molar-refractivity contribution is 5.93. The highest BCUT2D eigenvalue weighted by Crippen LogP contribution is 2.10. The molecule has 4 N–H and O–H groups in total. The third-order valence-electron chi connectivity index (χ3n) is 3.17. The maximum absolute atomic E-state index is 11.8. The van der Waals surface area contributed by atoms with Crippen molar-refractivity contribution in [2.45, 2.75) is 25.8 Å². The Morgan fingerprint density at radius 1 is 1.45 bits per heavy atom. The van der Waals surface area contributed by atoms with Crippen molar-refractivity contribution in [1.82, 2.24) is 5.32 Å². The lowest BCUT2D eigenvalue weighted by molar-refractivity contribution is -0.124. The van der Waals surface area contributed by atoms with Crippen LogP contribution in [-0.2, 0) is 9.59 Å². The molecule has 0 radical (unpaired) electrons. The molecule has 1 aromatic rings. The van der Waals surface area contributed by atoms with Crippen LogP contribution in [0.2, 0.25) is 0 Å². The molecule has 0 bridgehead atoms. The molecule has 0 aliphatic carbocycles.